The van der Waals surface area contributed by atoms with Crippen LogP contribution in [0.2, 0.25) is 0 Å². The maximum Gasteiger partial charge on any atom is 0.271 e. The van der Waals surface area contributed by atoms with Gasteiger partial charge < -0.3 is 10.6 Å². The first-order chi connectivity index (χ1) is 12.1. The number of rotatable bonds is 5. The number of amides is 1. The molecular weight excluding hydrogens is 312 g/mol. The molecule has 0 unspecified atom stereocenters. The van der Waals surface area contributed by atoms with E-state index in [9.17, 15) is 4.79 Å². The largest absolute Gasteiger partial charge is 0.347 e. The molecule has 0 saturated carbocycles. The van der Waals surface area contributed by atoms with Crippen LogP contribution >= 0.6 is 0 Å². The Bertz CT molecular complexity index is 861. The van der Waals surface area contributed by atoms with E-state index in [0.29, 0.717) is 18.1 Å². The van der Waals surface area contributed by atoms with Crippen LogP contribution in [-0.4, -0.2) is 15.9 Å². The molecule has 1 amide bonds. The van der Waals surface area contributed by atoms with E-state index in [1.54, 1.807) is 6.20 Å². The van der Waals surface area contributed by atoms with E-state index in [2.05, 4.69) is 33.6 Å². The summed E-state index contributed by atoms with van der Waals surface area (Å²) < 4.78 is 0. The first-order valence-electron chi connectivity index (χ1n) is 8.10. The predicted octanol–water partition coefficient (Wildman–Crippen LogP) is 3.77. The van der Waals surface area contributed by atoms with Gasteiger partial charge in [0, 0.05) is 12.2 Å². The molecule has 0 spiro atoms. The molecule has 0 bridgehead atoms. The van der Waals surface area contributed by atoms with E-state index in [4.69, 9.17) is 0 Å². The highest BCUT2D eigenvalue weighted by molar-refractivity contribution is 5.92. The number of carbonyl (C=O) groups excluding carboxylic acids is 1. The third kappa shape index (κ3) is 4.41. The minimum atomic E-state index is -0.241. The van der Waals surface area contributed by atoms with Gasteiger partial charge in [0.25, 0.3) is 5.91 Å². The predicted molar refractivity (Wildman–Crippen MR) is 98.8 cm³/mol. The lowest BCUT2D eigenvalue weighted by Gasteiger charge is -2.10. The van der Waals surface area contributed by atoms with Gasteiger partial charge in [0.1, 0.15) is 11.5 Å². The first-order valence-corrected chi connectivity index (χ1v) is 8.10. The SMILES string of the molecule is Cc1ccc(Nc2cnc(C(=O)NCc3ccccc3)cn2)c(C)c1. The highest BCUT2D eigenvalue weighted by Gasteiger charge is 2.08. The third-order valence-electron chi connectivity index (χ3n) is 3.83. The van der Waals surface area contributed by atoms with Crippen LogP contribution in [0.4, 0.5) is 11.5 Å². The van der Waals surface area contributed by atoms with Crippen molar-refractivity contribution in [1.82, 2.24) is 15.3 Å². The molecule has 0 aliphatic rings. The number of nitrogens with zero attached hydrogens (tertiary/aromatic N) is 2. The fourth-order valence-electron chi connectivity index (χ4n) is 2.47. The second-order valence-electron chi connectivity index (χ2n) is 5.90. The molecule has 0 aliphatic heterocycles. The molecule has 1 aromatic heterocycles. The number of nitrogens with one attached hydrogen (secondary N) is 2. The molecule has 0 fully saturated rings. The lowest BCUT2D eigenvalue weighted by atomic mass is 10.1. The number of aromatic nitrogens is 2. The summed E-state index contributed by atoms with van der Waals surface area (Å²) in [6, 6.07) is 15.9. The van der Waals surface area contributed by atoms with Gasteiger partial charge >= 0.3 is 0 Å². The Morgan fingerprint density at radius 3 is 2.48 bits per heavy atom. The summed E-state index contributed by atoms with van der Waals surface area (Å²) in [4.78, 5) is 20.6. The molecule has 0 atom stereocenters. The fraction of sp³-hybridized carbons (Fsp3) is 0.150. The summed E-state index contributed by atoms with van der Waals surface area (Å²) >= 11 is 0. The van der Waals surface area contributed by atoms with E-state index in [1.165, 1.54) is 11.8 Å². The van der Waals surface area contributed by atoms with Crippen molar-refractivity contribution in [1.29, 1.82) is 0 Å². The zero-order valence-electron chi connectivity index (χ0n) is 14.3. The van der Waals surface area contributed by atoms with E-state index >= 15 is 0 Å². The highest BCUT2D eigenvalue weighted by atomic mass is 16.1. The molecule has 0 radical (unpaired) electrons. The number of benzene rings is 2. The number of aryl methyl sites for hydroxylation is 2. The van der Waals surface area contributed by atoms with Gasteiger partial charge in [-0.25, -0.2) is 9.97 Å². The molecular formula is C20H20N4O. The lowest BCUT2D eigenvalue weighted by Crippen LogP contribution is -2.24. The number of carbonyl (C=O) groups is 1. The maximum atomic E-state index is 12.1. The zero-order valence-corrected chi connectivity index (χ0v) is 14.3. The second kappa shape index (κ2) is 7.57. The van der Waals surface area contributed by atoms with Gasteiger partial charge in [-0.1, -0.05) is 48.0 Å². The second-order valence-corrected chi connectivity index (χ2v) is 5.90. The zero-order chi connectivity index (χ0) is 17.6. The average molecular weight is 332 g/mol. The van der Waals surface area contributed by atoms with Gasteiger partial charge in [0.2, 0.25) is 0 Å². The topological polar surface area (TPSA) is 66.9 Å². The molecule has 5 nitrogen and oxygen atoms in total. The summed E-state index contributed by atoms with van der Waals surface area (Å²) in [5.41, 5.74) is 4.64. The van der Waals surface area contributed by atoms with Crippen molar-refractivity contribution >= 4 is 17.4 Å². The summed E-state index contributed by atoms with van der Waals surface area (Å²) in [7, 11) is 0. The van der Waals surface area contributed by atoms with Crippen LogP contribution in [0.5, 0.6) is 0 Å². The van der Waals surface area contributed by atoms with Crippen LogP contribution in [0.25, 0.3) is 0 Å². The van der Waals surface area contributed by atoms with Crippen LogP contribution in [-0.2, 0) is 6.54 Å². The Labute approximate surface area is 147 Å². The van der Waals surface area contributed by atoms with Gasteiger partial charge in [0.05, 0.1) is 12.4 Å². The Morgan fingerprint density at radius 1 is 1.00 bits per heavy atom. The summed E-state index contributed by atoms with van der Waals surface area (Å²) in [6.45, 7) is 4.55. The van der Waals surface area contributed by atoms with E-state index in [1.807, 2.05) is 49.4 Å². The Hall–Kier alpha value is -3.21. The average Bonchev–Trinajstić information content (AvgIpc) is 2.63. The van der Waals surface area contributed by atoms with Crippen LogP contribution < -0.4 is 10.6 Å². The third-order valence-corrected chi connectivity index (χ3v) is 3.83. The van der Waals surface area contributed by atoms with Crippen LogP contribution in [0.1, 0.15) is 27.2 Å². The molecule has 2 N–H and O–H groups in total. The van der Waals surface area contributed by atoms with Gasteiger partial charge in [-0.2, -0.15) is 0 Å². The fourth-order valence-corrected chi connectivity index (χ4v) is 2.47. The number of anilines is 2. The Morgan fingerprint density at radius 2 is 1.80 bits per heavy atom. The molecule has 2 aromatic carbocycles. The summed E-state index contributed by atoms with van der Waals surface area (Å²) in [5, 5.41) is 6.06. The quantitative estimate of drug-likeness (QED) is 0.746. The molecule has 25 heavy (non-hydrogen) atoms. The molecule has 1 heterocycles. The van der Waals surface area contributed by atoms with E-state index in [-0.39, 0.29) is 5.91 Å². The lowest BCUT2D eigenvalue weighted by molar-refractivity contribution is 0.0945. The first kappa shape index (κ1) is 16.6. The molecule has 0 saturated heterocycles. The number of hydrogen-bond acceptors (Lipinski definition) is 4. The smallest absolute Gasteiger partial charge is 0.271 e. The summed E-state index contributed by atoms with van der Waals surface area (Å²) in [6.07, 6.45) is 3.04. The van der Waals surface area contributed by atoms with Crippen LogP contribution in [0.15, 0.2) is 60.9 Å². The Balaban J connectivity index is 1.62. The van der Waals surface area contributed by atoms with Gasteiger partial charge in [-0.3, -0.25) is 4.79 Å². The monoisotopic (exact) mass is 332 g/mol. The van der Waals surface area contributed by atoms with Crippen molar-refractivity contribution < 1.29 is 4.79 Å². The van der Waals surface area contributed by atoms with Crippen molar-refractivity contribution in [2.24, 2.45) is 0 Å². The molecule has 0 aliphatic carbocycles. The van der Waals surface area contributed by atoms with Crippen molar-refractivity contribution in [3.8, 4) is 0 Å². The van der Waals surface area contributed by atoms with Crippen molar-refractivity contribution in [2.75, 3.05) is 5.32 Å². The van der Waals surface area contributed by atoms with Crippen molar-refractivity contribution in [3.05, 3.63) is 83.3 Å². The highest BCUT2D eigenvalue weighted by Crippen LogP contribution is 2.19. The van der Waals surface area contributed by atoms with E-state index in [0.717, 1.165) is 16.8 Å². The Kier molecular flexibility index (Phi) is 5.04. The molecule has 3 aromatic rings. The van der Waals surface area contributed by atoms with E-state index < -0.39 is 0 Å². The van der Waals surface area contributed by atoms with Crippen LogP contribution in [0, 0.1) is 13.8 Å². The molecule has 5 heteroatoms. The van der Waals surface area contributed by atoms with Crippen molar-refractivity contribution in [3.63, 3.8) is 0 Å². The van der Waals surface area contributed by atoms with Gasteiger partial charge in [-0.05, 0) is 31.0 Å². The van der Waals surface area contributed by atoms with Crippen LogP contribution in [0.3, 0.4) is 0 Å². The minimum Gasteiger partial charge on any atom is -0.347 e. The molecule has 3 rings (SSSR count). The van der Waals surface area contributed by atoms with Gasteiger partial charge in [-0.15, -0.1) is 0 Å². The summed E-state index contributed by atoms with van der Waals surface area (Å²) in [5.74, 6) is 0.362. The molecule has 126 valence electrons. The maximum absolute atomic E-state index is 12.1. The van der Waals surface area contributed by atoms with Crippen molar-refractivity contribution in [2.45, 2.75) is 20.4 Å². The number of hydrogen-bond donors (Lipinski definition) is 2. The van der Waals surface area contributed by atoms with Gasteiger partial charge in [0.15, 0.2) is 0 Å². The normalized spacial score (nSPS) is 10.3. The minimum absolute atomic E-state index is 0.241. The standard InChI is InChI=1S/C20H20N4O/c1-14-8-9-17(15(2)10-14)24-19-13-21-18(12-22-19)20(25)23-11-16-6-4-3-5-7-16/h3-10,12-13H,11H2,1-2H3,(H,22,24)(H,23,25).